The van der Waals surface area contributed by atoms with E-state index in [0.29, 0.717) is 22.8 Å². The third kappa shape index (κ3) is 2.21. The van der Waals surface area contributed by atoms with Crippen molar-refractivity contribution in [1.29, 1.82) is 0 Å². The van der Waals surface area contributed by atoms with Gasteiger partial charge in [0.05, 0.1) is 12.2 Å². The Morgan fingerprint density at radius 1 is 1.05 bits per heavy atom. The van der Waals surface area contributed by atoms with Crippen molar-refractivity contribution in [1.82, 2.24) is 0 Å². The van der Waals surface area contributed by atoms with Crippen LogP contribution in [0.1, 0.15) is 22.8 Å². The number of carbonyl (C=O) groups is 1. The first-order valence-electron chi connectivity index (χ1n) is 6.55. The number of ether oxygens (including phenoxy) is 1. The Morgan fingerprint density at radius 2 is 1.75 bits per heavy atom. The minimum Gasteiger partial charge on any atom is -0.484 e. The fourth-order valence-electron chi connectivity index (χ4n) is 2.20. The van der Waals surface area contributed by atoms with Crippen molar-refractivity contribution in [3.63, 3.8) is 0 Å². The number of hydrogen-bond donors (Lipinski definition) is 0. The normalized spacial score (nSPS) is 10.7. The number of carbonyl (C=O) groups excluding carboxylic acids is 1. The van der Waals surface area contributed by atoms with Crippen LogP contribution in [-0.4, -0.2) is 12.4 Å². The third-order valence-electron chi connectivity index (χ3n) is 3.10. The van der Waals surface area contributed by atoms with Gasteiger partial charge >= 0.3 is 0 Å². The summed E-state index contributed by atoms with van der Waals surface area (Å²) in [4.78, 5) is 12.7. The van der Waals surface area contributed by atoms with Gasteiger partial charge in [-0.3, -0.25) is 4.79 Å². The first kappa shape index (κ1) is 12.9. The summed E-state index contributed by atoms with van der Waals surface area (Å²) in [6.45, 7) is 2.49. The minimum absolute atomic E-state index is 0.0199. The van der Waals surface area contributed by atoms with Crippen LogP contribution in [0.2, 0.25) is 0 Å². The van der Waals surface area contributed by atoms with E-state index in [2.05, 4.69) is 0 Å². The Kier molecular flexibility index (Phi) is 3.52. The molecular weight excluding hydrogens is 268 g/mol. The van der Waals surface area contributed by atoms with E-state index in [9.17, 15) is 4.79 Å². The molecule has 0 saturated heterocycles. The van der Waals surface area contributed by atoms with Crippen molar-refractivity contribution in [3.05, 3.63) is 65.7 Å². The average Bonchev–Trinajstić information content (AvgIpc) is 2.86. The summed E-state index contributed by atoms with van der Waals surface area (Å²) in [5.74, 6) is 0.0199. The third-order valence-corrected chi connectivity index (χ3v) is 4.18. The van der Waals surface area contributed by atoms with Crippen LogP contribution in [0.5, 0.6) is 5.06 Å². The predicted molar refractivity (Wildman–Crippen MR) is 82.9 cm³/mol. The highest BCUT2D eigenvalue weighted by molar-refractivity contribution is 7.21. The molecule has 0 amide bonds. The van der Waals surface area contributed by atoms with Crippen molar-refractivity contribution in [2.75, 3.05) is 6.61 Å². The van der Waals surface area contributed by atoms with Gasteiger partial charge < -0.3 is 4.74 Å². The molecule has 1 aromatic heterocycles. The van der Waals surface area contributed by atoms with E-state index in [0.717, 1.165) is 10.1 Å². The summed E-state index contributed by atoms with van der Waals surface area (Å²) in [6, 6.07) is 17.3. The molecular formula is C17H14O2S. The number of benzene rings is 2. The average molecular weight is 282 g/mol. The lowest BCUT2D eigenvalue weighted by Crippen LogP contribution is -2.03. The lowest BCUT2D eigenvalue weighted by atomic mass is 10.0. The maximum atomic E-state index is 12.7. The van der Waals surface area contributed by atoms with Crippen molar-refractivity contribution in [3.8, 4) is 5.06 Å². The second-order valence-corrected chi connectivity index (χ2v) is 5.40. The summed E-state index contributed by atoms with van der Waals surface area (Å²) in [7, 11) is 0. The first-order valence-corrected chi connectivity index (χ1v) is 7.37. The molecule has 0 fully saturated rings. The summed E-state index contributed by atoms with van der Waals surface area (Å²) < 4.78 is 6.74. The summed E-state index contributed by atoms with van der Waals surface area (Å²) in [5, 5.41) is 1.68. The highest BCUT2D eigenvalue weighted by Gasteiger charge is 2.20. The van der Waals surface area contributed by atoms with Crippen LogP contribution < -0.4 is 4.74 Å². The van der Waals surface area contributed by atoms with Crippen LogP contribution >= 0.6 is 11.3 Å². The molecule has 20 heavy (non-hydrogen) atoms. The lowest BCUT2D eigenvalue weighted by Gasteiger charge is -2.04. The number of ketones is 1. The van der Waals surface area contributed by atoms with E-state index in [1.165, 1.54) is 11.3 Å². The lowest BCUT2D eigenvalue weighted by molar-refractivity contribution is 0.103. The van der Waals surface area contributed by atoms with E-state index in [4.69, 9.17) is 4.74 Å². The summed E-state index contributed by atoms with van der Waals surface area (Å²) in [5.41, 5.74) is 1.37. The zero-order chi connectivity index (χ0) is 13.9. The molecule has 0 radical (unpaired) electrons. The van der Waals surface area contributed by atoms with Gasteiger partial charge in [-0.2, -0.15) is 0 Å². The van der Waals surface area contributed by atoms with Crippen LogP contribution in [0.25, 0.3) is 10.1 Å². The van der Waals surface area contributed by atoms with Crippen molar-refractivity contribution in [2.45, 2.75) is 6.92 Å². The van der Waals surface area contributed by atoms with Gasteiger partial charge in [-0.1, -0.05) is 59.9 Å². The molecule has 0 unspecified atom stereocenters. The van der Waals surface area contributed by atoms with E-state index < -0.39 is 0 Å². The minimum atomic E-state index is 0.0199. The molecule has 0 aliphatic heterocycles. The van der Waals surface area contributed by atoms with Crippen molar-refractivity contribution in [2.24, 2.45) is 0 Å². The number of thiophene rings is 1. The van der Waals surface area contributed by atoms with Crippen LogP contribution in [0, 0.1) is 0 Å². The smallest absolute Gasteiger partial charge is 0.198 e. The topological polar surface area (TPSA) is 26.3 Å². The molecule has 0 atom stereocenters. The molecule has 0 N–H and O–H groups in total. The molecule has 0 bridgehead atoms. The maximum Gasteiger partial charge on any atom is 0.198 e. The zero-order valence-corrected chi connectivity index (χ0v) is 11.9. The molecule has 2 nitrogen and oxygen atoms in total. The van der Waals surface area contributed by atoms with E-state index in [1.54, 1.807) is 0 Å². The van der Waals surface area contributed by atoms with Gasteiger partial charge in [0.25, 0.3) is 0 Å². The number of fused-ring (bicyclic) bond motifs is 1. The Labute approximate surface area is 121 Å². The molecule has 3 aromatic rings. The largest absolute Gasteiger partial charge is 0.484 e. The van der Waals surface area contributed by atoms with Gasteiger partial charge in [-0.25, -0.2) is 0 Å². The molecule has 0 saturated carbocycles. The Morgan fingerprint density at radius 3 is 2.50 bits per heavy atom. The van der Waals surface area contributed by atoms with Crippen LogP contribution in [0.3, 0.4) is 0 Å². The second kappa shape index (κ2) is 5.47. The molecule has 0 spiro atoms. The molecule has 3 heteroatoms. The highest BCUT2D eigenvalue weighted by atomic mass is 32.1. The van der Waals surface area contributed by atoms with Gasteiger partial charge in [0.15, 0.2) is 10.8 Å². The van der Waals surface area contributed by atoms with Crippen LogP contribution in [-0.2, 0) is 0 Å². The Balaban J connectivity index is 2.18. The van der Waals surface area contributed by atoms with Gasteiger partial charge in [0.2, 0.25) is 0 Å². The van der Waals surface area contributed by atoms with Crippen LogP contribution in [0.15, 0.2) is 54.6 Å². The van der Waals surface area contributed by atoms with Crippen molar-refractivity contribution < 1.29 is 9.53 Å². The first-order chi connectivity index (χ1) is 9.81. The van der Waals surface area contributed by atoms with E-state index in [-0.39, 0.29) is 5.78 Å². The fourth-order valence-corrected chi connectivity index (χ4v) is 3.31. The predicted octanol–water partition coefficient (Wildman–Crippen LogP) is 4.53. The second-order valence-electron chi connectivity index (χ2n) is 4.39. The Hall–Kier alpha value is -2.13. The zero-order valence-electron chi connectivity index (χ0n) is 11.1. The van der Waals surface area contributed by atoms with Gasteiger partial charge in [-0.05, 0) is 13.0 Å². The quantitative estimate of drug-likeness (QED) is 0.657. The monoisotopic (exact) mass is 282 g/mol. The van der Waals surface area contributed by atoms with Gasteiger partial charge in [0, 0.05) is 15.6 Å². The standard InChI is InChI=1S/C17H14O2S/c1-2-19-17-15(13-10-6-7-11-14(13)20-17)16(18)12-8-4-3-5-9-12/h3-11H,2H2,1H3. The fraction of sp³-hybridized carbons (Fsp3) is 0.118. The molecule has 0 aliphatic rings. The van der Waals surface area contributed by atoms with Gasteiger partial charge in [-0.15, -0.1) is 0 Å². The summed E-state index contributed by atoms with van der Waals surface area (Å²) in [6.07, 6.45) is 0. The van der Waals surface area contributed by atoms with Crippen LogP contribution in [0.4, 0.5) is 0 Å². The van der Waals surface area contributed by atoms with E-state index >= 15 is 0 Å². The van der Waals surface area contributed by atoms with E-state index in [1.807, 2.05) is 61.5 Å². The highest BCUT2D eigenvalue weighted by Crippen LogP contribution is 2.38. The summed E-state index contributed by atoms with van der Waals surface area (Å²) >= 11 is 1.53. The molecule has 2 aromatic carbocycles. The van der Waals surface area contributed by atoms with Crippen molar-refractivity contribution >= 4 is 27.2 Å². The number of rotatable bonds is 4. The molecule has 0 aliphatic carbocycles. The van der Waals surface area contributed by atoms with Gasteiger partial charge in [0.1, 0.15) is 0 Å². The number of hydrogen-bond acceptors (Lipinski definition) is 3. The molecule has 3 rings (SSSR count). The molecule has 1 heterocycles. The maximum absolute atomic E-state index is 12.7. The SMILES string of the molecule is CCOc1sc2ccccc2c1C(=O)c1ccccc1. The molecule has 100 valence electrons. The Bertz CT molecular complexity index is 744.